The molecule has 1 aromatic rings. The lowest BCUT2D eigenvalue weighted by atomic mass is 9.89. The fraction of sp³-hybridized carbons (Fsp3) is 0.533. The fourth-order valence-corrected chi connectivity index (χ4v) is 3.37. The van der Waals surface area contributed by atoms with E-state index in [0.717, 1.165) is 22.8 Å². The summed E-state index contributed by atoms with van der Waals surface area (Å²) < 4.78 is 0. The molecule has 18 heavy (non-hydrogen) atoms. The molecule has 3 rings (SSSR count). The first-order valence-corrected chi connectivity index (χ1v) is 7.20. The van der Waals surface area contributed by atoms with Crippen LogP contribution in [0.2, 0.25) is 5.02 Å². The molecule has 2 nitrogen and oxygen atoms in total. The van der Waals surface area contributed by atoms with Crippen LogP contribution in [-0.2, 0) is 11.2 Å². The molecule has 96 valence electrons. The van der Waals surface area contributed by atoms with Crippen LogP contribution in [0.1, 0.15) is 37.7 Å². The molecule has 0 unspecified atom stereocenters. The maximum absolute atomic E-state index is 12.1. The summed E-state index contributed by atoms with van der Waals surface area (Å²) in [6.45, 7) is 0.896. The van der Waals surface area contributed by atoms with Crippen LogP contribution >= 0.6 is 11.6 Å². The molecule has 1 aromatic carbocycles. The molecule has 0 N–H and O–H groups in total. The number of benzene rings is 1. The Morgan fingerprint density at radius 1 is 1.22 bits per heavy atom. The van der Waals surface area contributed by atoms with Gasteiger partial charge in [-0.1, -0.05) is 30.9 Å². The van der Waals surface area contributed by atoms with Gasteiger partial charge in [-0.05, 0) is 42.5 Å². The second-order valence-corrected chi connectivity index (χ2v) is 5.89. The van der Waals surface area contributed by atoms with Gasteiger partial charge in [0.05, 0.1) is 6.42 Å². The first-order chi connectivity index (χ1) is 8.74. The highest BCUT2D eigenvalue weighted by molar-refractivity contribution is 6.30. The number of hydrogen-bond acceptors (Lipinski definition) is 1. The molecule has 3 heteroatoms. The van der Waals surface area contributed by atoms with Crippen molar-refractivity contribution >= 4 is 23.2 Å². The number of hydrogen-bond donors (Lipinski definition) is 0. The van der Waals surface area contributed by atoms with Crippen LogP contribution in [0.4, 0.5) is 5.69 Å². The highest BCUT2D eigenvalue weighted by Crippen LogP contribution is 2.34. The Labute approximate surface area is 113 Å². The molecule has 1 heterocycles. The summed E-state index contributed by atoms with van der Waals surface area (Å²) in [7, 11) is 0. The fourth-order valence-electron chi connectivity index (χ4n) is 3.18. The Kier molecular flexibility index (Phi) is 3.29. The molecule has 1 fully saturated rings. The largest absolute Gasteiger partial charge is 0.312 e. The first-order valence-electron chi connectivity index (χ1n) is 6.83. The maximum atomic E-state index is 12.1. The van der Waals surface area contributed by atoms with Crippen molar-refractivity contribution in [3.05, 3.63) is 28.8 Å². The van der Waals surface area contributed by atoms with Crippen molar-refractivity contribution in [2.24, 2.45) is 5.92 Å². The van der Waals surface area contributed by atoms with Crippen molar-refractivity contribution < 1.29 is 4.79 Å². The van der Waals surface area contributed by atoms with Gasteiger partial charge >= 0.3 is 0 Å². The Bertz CT molecular complexity index is 466. The number of carbonyl (C=O) groups is 1. The molecule has 1 saturated carbocycles. The molecule has 1 aliphatic heterocycles. The predicted molar refractivity (Wildman–Crippen MR) is 74.1 cm³/mol. The lowest BCUT2D eigenvalue weighted by molar-refractivity contribution is -0.117. The van der Waals surface area contributed by atoms with E-state index < -0.39 is 0 Å². The van der Waals surface area contributed by atoms with E-state index in [1.165, 1.54) is 32.1 Å². The van der Waals surface area contributed by atoms with E-state index in [2.05, 4.69) is 0 Å². The summed E-state index contributed by atoms with van der Waals surface area (Å²) in [5.41, 5.74) is 2.17. The molecule has 1 amide bonds. The molecule has 2 aliphatic rings. The highest BCUT2D eigenvalue weighted by Gasteiger charge is 2.29. The summed E-state index contributed by atoms with van der Waals surface area (Å²) in [5, 5.41) is 0.723. The number of carbonyl (C=O) groups excluding carboxylic acids is 1. The molecule has 0 bridgehead atoms. The maximum Gasteiger partial charge on any atom is 0.231 e. The minimum atomic E-state index is 0.234. The summed E-state index contributed by atoms with van der Waals surface area (Å²) in [4.78, 5) is 14.1. The van der Waals surface area contributed by atoms with Gasteiger partial charge in [0.2, 0.25) is 5.91 Å². The molecule has 0 atom stereocenters. The minimum absolute atomic E-state index is 0.234. The van der Waals surface area contributed by atoms with E-state index in [1.807, 2.05) is 23.1 Å². The zero-order chi connectivity index (χ0) is 12.5. The zero-order valence-corrected chi connectivity index (χ0v) is 11.2. The third kappa shape index (κ3) is 2.26. The molecule has 0 radical (unpaired) electrons. The topological polar surface area (TPSA) is 20.3 Å². The summed E-state index contributed by atoms with van der Waals surface area (Å²) >= 11 is 5.98. The minimum Gasteiger partial charge on any atom is -0.312 e. The van der Waals surface area contributed by atoms with E-state index in [1.54, 1.807) is 0 Å². The molecule has 1 aliphatic carbocycles. The summed E-state index contributed by atoms with van der Waals surface area (Å²) in [6.07, 6.45) is 7.05. The van der Waals surface area contributed by atoms with Crippen LogP contribution in [0, 0.1) is 5.92 Å². The lowest BCUT2D eigenvalue weighted by Crippen LogP contribution is -2.33. The van der Waals surface area contributed by atoms with Crippen molar-refractivity contribution in [1.82, 2.24) is 0 Å². The number of fused-ring (bicyclic) bond motifs is 1. The molecular weight excluding hydrogens is 246 g/mol. The van der Waals surface area contributed by atoms with Gasteiger partial charge in [0.15, 0.2) is 0 Å². The van der Waals surface area contributed by atoms with Gasteiger partial charge in [0.1, 0.15) is 0 Å². The normalized spacial score (nSPS) is 20.3. The lowest BCUT2D eigenvalue weighted by Gasteiger charge is -2.27. The Hall–Kier alpha value is -1.02. The van der Waals surface area contributed by atoms with Crippen LogP contribution in [0.5, 0.6) is 0 Å². The molecule has 0 spiro atoms. The number of nitrogens with zero attached hydrogens (tertiary/aromatic N) is 1. The van der Waals surface area contributed by atoms with Crippen LogP contribution in [-0.4, -0.2) is 12.5 Å². The third-order valence-corrected chi connectivity index (χ3v) is 4.38. The predicted octanol–water partition coefficient (Wildman–Crippen LogP) is 3.81. The Morgan fingerprint density at radius 3 is 2.78 bits per heavy atom. The second kappa shape index (κ2) is 4.93. The first kappa shape index (κ1) is 12.0. The van der Waals surface area contributed by atoms with E-state index in [9.17, 15) is 4.79 Å². The monoisotopic (exact) mass is 263 g/mol. The third-order valence-electron chi connectivity index (χ3n) is 4.14. The van der Waals surface area contributed by atoms with Gasteiger partial charge < -0.3 is 4.90 Å². The number of amides is 1. The smallest absolute Gasteiger partial charge is 0.231 e. The molecule has 0 aromatic heterocycles. The highest BCUT2D eigenvalue weighted by atomic mass is 35.5. The number of rotatable bonds is 2. The average molecular weight is 264 g/mol. The SMILES string of the molecule is O=C1Cc2cc(Cl)ccc2N1CC1CCCCC1. The number of halogens is 1. The standard InChI is InChI=1S/C15H18ClNO/c16-13-6-7-14-12(8-13)9-15(18)17(14)10-11-4-2-1-3-5-11/h6-8,11H,1-5,9-10H2. The van der Waals surface area contributed by atoms with Gasteiger partial charge in [-0.25, -0.2) is 0 Å². The van der Waals surface area contributed by atoms with Crippen molar-refractivity contribution in [3.8, 4) is 0 Å². The van der Waals surface area contributed by atoms with Crippen LogP contribution in [0.25, 0.3) is 0 Å². The number of anilines is 1. The molecule has 0 saturated heterocycles. The van der Waals surface area contributed by atoms with Gasteiger partial charge in [0, 0.05) is 17.3 Å². The van der Waals surface area contributed by atoms with Gasteiger partial charge in [-0.15, -0.1) is 0 Å². The van der Waals surface area contributed by atoms with E-state index in [4.69, 9.17) is 11.6 Å². The van der Waals surface area contributed by atoms with E-state index in [0.29, 0.717) is 12.3 Å². The summed E-state index contributed by atoms with van der Waals surface area (Å²) in [6, 6.07) is 5.80. The zero-order valence-electron chi connectivity index (χ0n) is 10.5. The van der Waals surface area contributed by atoms with Gasteiger partial charge in [0.25, 0.3) is 0 Å². The van der Waals surface area contributed by atoms with E-state index in [-0.39, 0.29) is 5.91 Å². The summed E-state index contributed by atoms with van der Waals surface area (Å²) in [5.74, 6) is 0.919. The Balaban J connectivity index is 1.78. The molecular formula is C15H18ClNO. The Morgan fingerprint density at radius 2 is 2.00 bits per heavy atom. The van der Waals surface area contributed by atoms with Crippen molar-refractivity contribution in [1.29, 1.82) is 0 Å². The average Bonchev–Trinajstić information content (AvgIpc) is 2.66. The van der Waals surface area contributed by atoms with Crippen LogP contribution < -0.4 is 4.90 Å². The van der Waals surface area contributed by atoms with Crippen LogP contribution in [0.3, 0.4) is 0 Å². The van der Waals surface area contributed by atoms with Gasteiger partial charge in [-0.2, -0.15) is 0 Å². The van der Waals surface area contributed by atoms with Crippen molar-refractivity contribution in [3.63, 3.8) is 0 Å². The van der Waals surface area contributed by atoms with Crippen LogP contribution in [0.15, 0.2) is 18.2 Å². The van der Waals surface area contributed by atoms with Gasteiger partial charge in [-0.3, -0.25) is 4.79 Å². The van der Waals surface area contributed by atoms with Crippen molar-refractivity contribution in [2.75, 3.05) is 11.4 Å². The van der Waals surface area contributed by atoms with E-state index >= 15 is 0 Å². The van der Waals surface area contributed by atoms with Crippen molar-refractivity contribution in [2.45, 2.75) is 38.5 Å². The second-order valence-electron chi connectivity index (χ2n) is 5.46. The quantitative estimate of drug-likeness (QED) is 0.795.